The zero-order valence-electron chi connectivity index (χ0n) is 17.5. The average Bonchev–Trinajstić information content (AvgIpc) is 2.62. The first-order chi connectivity index (χ1) is 12.8. The van der Waals surface area contributed by atoms with Crippen LogP contribution in [-0.2, 0) is 19.1 Å². The highest BCUT2D eigenvalue weighted by molar-refractivity contribution is 5.88. The van der Waals surface area contributed by atoms with Crippen molar-refractivity contribution >= 4 is 18.0 Å². The van der Waals surface area contributed by atoms with Crippen molar-refractivity contribution in [2.45, 2.75) is 91.6 Å². The van der Waals surface area contributed by atoms with Crippen LogP contribution in [0.2, 0.25) is 0 Å². The molecule has 3 fully saturated rings. The van der Waals surface area contributed by atoms with E-state index in [1.807, 2.05) is 0 Å². The lowest BCUT2D eigenvalue weighted by Gasteiger charge is -2.58. The van der Waals surface area contributed by atoms with Crippen molar-refractivity contribution in [3.05, 3.63) is 0 Å². The molecule has 0 aromatic heterocycles. The molecule has 27 heavy (non-hydrogen) atoms. The van der Waals surface area contributed by atoms with Crippen molar-refractivity contribution in [3.63, 3.8) is 0 Å². The Balaban J connectivity index is 1.78. The number of Topliss-reactive ketones (excluding diaryl/α,β-unsaturated/α-hetero) is 1. The van der Waals surface area contributed by atoms with Crippen LogP contribution in [0.15, 0.2) is 0 Å². The van der Waals surface area contributed by atoms with E-state index in [1.54, 1.807) is 0 Å². The second-order valence-corrected chi connectivity index (χ2v) is 9.83. The topological polar surface area (TPSA) is 60.4 Å². The molecule has 3 rings (SSSR count). The molecular weight excluding hydrogens is 340 g/mol. The monoisotopic (exact) mass is 376 g/mol. The Morgan fingerprint density at radius 1 is 1.22 bits per heavy atom. The number of rotatable bonds is 5. The van der Waals surface area contributed by atoms with Gasteiger partial charge in [0.1, 0.15) is 18.2 Å². The van der Waals surface area contributed by atoms with Crippen LogP contribution in [-0.4, -0.2) is 24.1 Å². The number of carbonyl (C=O) groups excluding carboxylic acids is 3. The molecule has 152 valence electrons. The summed E-state index contributed by atoms with van der Waals surface area (Å²) in [6, 6.07) is 0. The van der Waals surface area contributed by atoms with E-state index >= 15 is 0 Å². The fourth-order valence-electron chi connectivity index (χ4n) is 6.95. The number of carbonyl (C=O) groups is 3. The molecule has 0 aliphatic heterocycles. The predicted molar refractivity (Wildman–Crippen MR) is 104 cm³/mol. The van der Waals surface area contributed by atoms with Gasteiger partial charge < -0.3 is 9.53 Å². The van der Waals surface area contributed by atoms with Gasteiger partial charge >= 0.3 is 5.97 Å². The Morgan fingerprint density at radius 2 is 1.96 bits per heavy atom. The molecule has 3 saturated carbocycles. The predicted octanol–water partition coefficient (Wildman–Crippen LogP) is 4.74. The number of hydrogen-bond donors (Lipinski definition) is 0. The molecule has 4 nitrogen and oxygen atoms in total. The number of aldehydes is 1. The number of esters is 1. The molecule has 0 unspecified atom stereocenters. The summed E-state index contributed by atoms with van der Waals surface area (Å²) in [6.07, 6.45) is 9.38. The van der Waals surface area contributed by atoms with Crippen LogP contribution in [0.4, 0.5) is 0 Å². The fourth-order valence-corrected chi connectivity index (χ4v) is 6.95. The lowest BCUT2D eigenvalue weighted by Crippen LogP contribution is -2.56. The maximum atomic E-state index is 13.6. The van der Waals surface area contributed by atoms with Crippen molar-refractivity contribution in [2.24, 2.45) is 34.5 Å². The van der Waals surface area contributed by atoms with Crippen molar-refractivity contribution in [1.29, 1.82) is 0 Å². The second kappa shape index (κ2) is 7.67. The largest absolute Gasteiger partial charge is 0.463 e. The Kier molecular flexibility index (Phi) is 5.84. The van der Waals surface area contributed by atoms with Gasteiger partial charge in [0, 0.05) is 24.7 Å². The Labute approximate surface area is 163 Å². The van der Waals surface area contributed by atoms with E-state index in [0.717, 1.165) is 57.7 Å². The lowest BCUT2D eigenvalue weighted by atomic mass is 9.46. The first-order valence-electron chi connectivity index (χ1n) is 10.9. The highest BCUT2D eigenvalue weighted by Gasteiger charge is 2.58. The van der Waals surface area contributed by atoms with Crippen LogP contribution >= 0.6 is 0 Å². The minimum atomic E-state index is -0.338. The smallest absolute Gasteiger partial charge is 0.302 e. The van der Waals surface area contributed by atoms with Gasteiger partial charge in [0.15, 0.2) is 0 Å². The van der Waals surface area contributed by atoms with Gasteiger partial charge in [0.25, 0.3) is 0 Å². The van der Waals surface area contributed by atoms with Crippen molar-refractivity contribution in [1.82, 2.24) is 0 Å². The zero-order chi connectivity index (χ0) is 19.8. The Morgan fingerprint density at radius 3 is 2.59 bits per heavy atom. The van der Waals surface area contributed by atoms with Gasteiger partial charge in [-0.1, -0.05) is 27.2 Å². The summed E-state index contributed by atoms with van der Waals surface area (Å²) in [5.41, 5.74) is -0.155. The van der Waals surface area contributed by atoms with E-state index in [0.29, 0.717) is 24.0 Å². The molecule has 0 N–H and O–H groups in total. The molecule has 0 amide bonds. The molecule has 3 aliphatic carbocycles. The third kappa shape index (κ3) is 3.49. The Bertz CT molecular complexity index is 599. The average molecular weight is 377 g/mol. The third-order valence-electron chi connectivity index (χ3n) is 8.63. The zero-order valence-corrected chi connectivity index (χ0v) is 17.5. The van der Waals surface area contributed by atoms with Gasteiger partial charge in [-0.2, -0.15) is 0 Å². The molecule has 0 aromatic rings. The summed E-state index contributed by atoms with van der Waals surface area (Å²) in [5.74, 6) is 1.57. The minimum Gasteiger partial charge on any atom is -0.463 e. The minimum absolute atomic E-state index is 0.0544. The van der Waals surface area contributed by atoms with E-state index in [9.17, 15) is 14.4 Å². The first-order valence-corrected chi connectivity index (χ1v) is 10.9. The van der Waals surface area contributed by atoms with E-state index < -0.39 is 0 Å². The van der Waals surface area contributed by atoms with Gasteiger partial charge in [-0.15, -0.1) is 0 Å². The first kappa shape index (κ1) is 20.5. The molecular formula is C23H36O4. The summed E-state index contributed by atoms with van der Waals surface area (Å²) in [7, 11) is 0. The summed E-state index contributed by atoms with van der Waals surface area (Å²) in [5, 5.41) is 0. The number of ketones is 1. The van der Waals surface area contributed by atoms with Gasteiger partial charge in [0.2, 0.25) is 0 Å². The van der Waals surface area contributed by atoms with E-state index in [-0.39, 0.29) is 34.7 Å². The van der Waals surface area contributed by atoms with Crippen molar-refractivity contribution in [2.75, 3.05) is 0 Å². The lowest BCUT2D eigenvalue weighted by molar-refractivity contribution is -0.163. The molecule has 3 aliphatic rings. The van der Waals surface area contributed by atoms with Crippen LogP contribution in [0.1, 0.15) is 85.5 Å². The molecule has 0 heterocycles. The summed E-state index contributed by atoms with van der Waals surface area (Å²) in [6.45, 7) is 8.11. The maximum Gasteiger partial charge on any atom is 0.302 e. The molecule has 0 aromatic carbocycles. The third-order valence-corrected chi connectivity index (χ3v) is 8.63. The Hall–Kier alpha value is -1.19. The highest BCUT2D eigenvalue weighted by atomic mass is 16.5. The van der Waals surface area contributed by atoms with Crippen LogP contribution < -0.4 is 0 Å². The highest BCUT2D eigenvalue weighted by Crippen LogP contribution is 2.61. The quantitative estimate of drug-likeness (QED) is 0.514. The molecule has 0 spiro atoms. The second-order valence-electron chi connectivity index (χ2n) is 9.83. The van der Waals surface area contributed by atoms with Crippen molar-refractivity contribution < 1.29 is 19.1 Å². The fraction of sp³-hybridized carbons (Fsp3) is 0.870. The van der Waals surface area contributed by atoms with Crippen LogP contribution in [0.25, 0.3) is 0 Å². The van der Waals surface area contributed by atoms with Crippen LogP contribution in [0.3, 0.4) is 0 Å². The van der Waals surface area contributed by atoms with Crippen LogP contribution in [0.5, 0.6) is 0 Å². The number of fused-ring (bicyclic) bond motifs is 3. The van der Waals surface area contributed by atoms with Crippen molar-refractivity contribution in [3.8, 4) is 0 Å². The number of ether oxygens (including phenoxy) is 1. The normalized spacial score (nSPS) is 42.6. The van der Waals surface area contributed by atoms with E-state index in [4.69, 9.17) is 4.74 Å². The van der Waals surface area contributed by atoms with E-state index in [1.165, 1.54) is 6.92 Å². The molecule has 7 atom stereocenters. The summed E-state index contributed by atoms with van der Waals surface area (Å²) >= 11 is 0. The summed E-state index contributed by atoms with van der Waals surface area (Å²) in [4.78, 5) is 36.1. The van der Waals surface area contributed by atoms with Gasteiger partial charge in [-0.05, 0) is 68.1 Å². The molecule has 4 heteroatoms. The van der Waals surface area contributed by atoms with Crippen LogP contribution in [0, 0.1) is 34.5 Å². The number of hydrogen-bond acceptors (Lipinski definition) is 4. The molecule has 0 saturated heterocycles. The van der Waals surface area contributed by atoms with Gasteiger partial charge in [-0.3, -0.25) is 9.59 Å². The molecule has 0 radical (unpaired) electrons. The standard InChI is InChI=1S/C23H36O4/c1-5-16(10-13-24)23(4)12-9-20-19(21(23)26)7-6-17-14-18(27-15(2)25)8-11-22(17,20)3/h13,16-20H,5-12,14H2,1-4H3/t16-,17-,18-,19+,20-,22-,23+/m0/s1. The summed E-state index contributed by atoms with van der Waals surface area (Å²) < 4.78 is 5.51. The van der Waals surface area contributed by atoms with E-state index in [2.05, 4.69) is 20.8 Å². The van der Waals surface area contributed by atoms with Gasteiger partial charge in [0.05, 0.1) is 0 Å². The van der Waals surface area contributed by atoms with Gasteiger partial charge in [-0.25, -0.2) is 0 Å². The SMILES string of the molecule is CC[C@@H](CC=O)[C@@]1(C)CC[C@H]2[C@@H](CC[C@H]3C[C@@H](OC(C)=O)CC[C@@]32C)C1=O. The molecule has 0 bridgehead atoms. The maximum absolute atomic E-state index is 13.6.